The Morgan fingerprint density at radius 1 is 1.16 bits per heavy atom. The molecular formula is C28H33Cl2N5O2. The van der Waals surface area contributed by atoms with Crippen LogP contribution in [0.15, 0.2) is 54.9 Å². The minimum atomic E-state index is -0.708. The first-order chi connectivity index (χ1) is 17.9. The number of carbonyl (C=O) groups excluding carboxylic acids is 1. The van der Waals surface area contributed by atoms with Gasteiger partial charge < -0.3 is 20.3 Å². The van der Waals surface area contributed by atoms with E-state index in [0.717, 1.165) is 22.5 Å². The maximum Gasteiger partial charge on any atom is 0.231 e. The molecule has 0 aliphatic carbocycles. The molecule has 1 aromatic carbocycles. The van der Waals surface area contributed by atoms with Crippen LogP contribution in [0.25, 0.3) is 11.3 Å². The van der Waals surface area contributed by atoms with E-state index in [2.05, 4.69) is 20.5 Å². The van der Waals surface area contributed by atoms with Crippen LogP contribution in [0, 0.1) is 0 Å². The van der Waals surface area contributed by atoms with Crippen LogP contribution in [0.2, 0.25) is 10.0 Å². The summed E-state index contributed by atoms with van der Waals surface area (Å²) in [4.78, 5) is 25.1. The molecule has 196 valence electrons. The lowest BCUT2D eigenvalue weighted by atomic mass is 9.72. The molecule has 0 saturated carbocycles. The maximum atomic E-state index is 13.8. The van der Waals surface area contributed by atoms with Gasteiger partial charge in [0.2, 0.25) is 11.8 Å². The van der Waals surface area contributed by atoms with Crippen molar-refractivity contribution in [3.8, 4) is 17.1 Å². The first-order valence-corrected chi connectivity index (χ1v) is 13.3. The van der Waals surface area contributed by atoms with E-state index in [0.29, 0.717) is 55.0 Å². The molecule has 1 aliphatic rings. The lowest BCUT2D eigenvalue weighted by molar-refractivity contribution is -0.128. The van der Waals surface area contributed by atoms with Crippen molar-refractivity contribution >= 4 is 34.8 Å². The Bertz CT molecular complexity index is 1210. The lowest BCUT2D eigenvalue weighted by Crippen LogP contribution is -2.54. The number of pyridine rings is 2. The van der Waals surface area contributed by atoms with Gasteiger partial charge in [0.05, 0.1) is 34.0 Å². The van der Waals surface area contributed by atoms with Crippen molar-refractivity contribution in [2.24, 2.45) is 0 Å². The van der Waals surface area contributed by atoms with E-state index >= 15 is 0 Å². The van der Waals surface area contributed by atoms with Crippen LogP contribution in [0.5, 0.6) is 5.88 Å². The van der Waals surface area contributed by atoms with Crippen molar-refractivity contribution < 1.29 is 9.53 Å². The summed E-state index contributed by atoms with van der Waals surface area (Å²) in [5.74, 6) is 0.565. The SMILES string of the molecule is CCOc1ncccc1-c1ccc(C2(C(=O)NC(C)CNC)CCN(c3ccc(Cl)cc3Cl)CC2)cn1. The number of amides is 1. The molecule has 1 saturated heterocycles. The van der Waals surface area contributed by atoms with E-state index in [1.54, 1.807) is 12.3 Å². The number of ether oxygens (including phenoxy) is 1. The summed E-state index contributed by atoms with van der Waals surface area (Å²) in [5.41, 5.74) is 2.70. The van der Waals surface area contributed by atoms with Crippen LogP contribution in [0.4, 0.5) is 5.69 Å². The van der Waals surface area contributed by atoms with Gasteiger partial charge in [0.15, 0.2) is 0 Å². The lowest BCUT2D eigenvalue weighted by Gasteiger charge is -2.42. The Hall–Kier alpha value is -2.87. The molecule has 0 radical (unpaired) electrons. The molecule has 0 spiro atoms. The van der Waals surface area contributed by atoms with Crippen LogP contribution in [0.1, 0.15) is 32.3 Å². The summed E-state index contributed by atoms with van der Waals surface area (Å²) in [6, 6.07) is 13.3. The highest BCUT2D eigenvalue weighted by Gasteiger charge is 2.44. The highest BCUT2D eigenvalue weighted by molar-refractivity contribution is 6.36. The molecule has 0 bridgehead atoms. The predicted molar refractivity (Wildman–Crippen MR) is 150 cm³/mol. The summed E-state index contributed by atoms with van der Waals surface area (Å²) in [5, 5.41) is 7.56. The molecule has 1 atom stereocenters. The molecule has 4 rings (SSSR count). The zero-order valence-electron chi connectivity index (χ0n) is 21.4. The Kier molecular flexibility index (Phi) is 8.90. The third kappa shape index (κ3) is 6.00. The summed E-state index contributed by atoms with van der Waals surface area (Å²) < 4.78 is 5.69. The van der Waals surface area contributed by atoms with E-state index < -0.39 is 5.41 Å². The second kappa shape index (κ2) is 12.1. The average Bonchev–Trinajstić information content (AvgIpc) is 2.90. The van der Waals surface area contributed by atoms with Gasteiger partial charge in [0.25, 0.3) is 0 Å². The third-order valence-corrected chi connectivity index (χ3v) is 7.37. The smallest absolute Gasteiger partial charge is 0.231 e. The summed E-state index contributed by atoms with van der Waals surface area (Å²) in [6.45, 7) is 6.48. The van der Waals surface area contributed by atoms with Crippen LogP contribution >= 0.6 is 23.2 Å². The first kappa shape index (κ1) is 27.2. The molecule has 2 N–H and O–H groups in total. The fourth-order valence-corrected chi connectivity index (χ4v) is 5.43. The van der Waals surface area contributed by atoms with Crippen molar-refractivity contribution in [3.05, 3.63) is 70.5 Å². The summed E-state index contributed by atoms with van der Waals surface area (Å²) in [7, 11) is 1.88. The molecule has 2 aromatic heterocycles. The van der Waals surface area contributed by atoms with Gasteiger partial charge in [-0.05, 0) is 75.7 Å². The van der Waals surface area contributed by atoms with Crippen LogP contribution in [-0.4, -0.2) is 55.2 Å². The first-order valence-electron chi connectivity index (χ1n) is 12.6. The van der Waals surface area contributed by atoms with Crippen LogP contribution < -0.4 is 20.3 Å². The van der Waals surface area contributed by atoms with Gasteiger partial charge in [-0.25, -0.2) is 4.98 Å². The number of piperidine rings is 1. The molecule has 1 unspecified atom stereocenters. The molecule has 37 heavy (non-hydrogen) atoms. The van der Waals surface area contributed by atoms with Crippen LogP contribution in [0.3, 0.4) is 0 Å². The van der Waals surface area contributed by atoms with Gasteiger partial charge in [-0.1, -0.05) is 29.3 Å². The average molecular weight is 543 g/mol. The maximum absolute atomic E-state index is 13.8. The molecule has 1 aliphatic heterocycles. The number of halogens is 2. The predicted octanol–water partition coefficient (Wildman–Crippen LogP) is 5.11. The molecule has 3 heterocycles. The zero-order chi connectivity index (χ0) is 26.4. The largest absolute Gasteiger partial charge is 0.477 e. The van der Waals surface area contributed by atoms with Crippen molar-refractivity contribution in [1.29, 1.82) is 0 Å². The molecule has 3 aromatic rings. The number of aromatic nitrogens is 2. The molecule has 7 nitrogen and oxygen atoms in total. The number of rotatable bonds is 9. The van der Waals surface area contributed by atoms with Crippen molar-refractivity contribution in [2.45, 2.75) is 38.1 Å². The van der Waals surface area contributed by atoms with E-state index in [-0.39, 0.29) is 11.9 Å². The number of hydrogen-bond donors (Lipinski definition) is 2. The quantitative estimate of drug-likeness (QED) is 0.391. The number of likely N-dealkylation sites (N-methyl/N-ethyl adjacent to an activating group) is 1. The monoisotopic (exact) mass is 541 g/mol. The molecule has 1 amide bonds. The highest BCUT2D eigenvalue weighted by atomic mass is 35.5. The fourth-order valence-electron chi connectivity index (χ4n) is 4.91. The standard InChI is InChI=1S/C28H33Cl2N5O2/c1-4-37-26-22(6-5-13-32-26)24-9-7-20(18-33-24)28(27(36)34-19(2)17-31-3)11-14-35(15-12-28)25-10-8-21(29)16-23(25)30/h5-10,13,16,18-19,31H,4,11-12,14-15,17H2,1-3H3,(H,34,36). The number of hydrogen-bond acceptors (Lipinski definition) is 6. The van der Waals surface area contributed by atoms with Crippen molar-refractivity contribution in [3.63, 3.8) is 0 Å². The van der Waals surface area contributed by atoms with Crippen molar-refractivity contribution in [1.82, 2.24) is 20.6 Å². The van der Waals surface area contributed by atoms with Gasteiger partial charge in [0.1, 0.15) is 0 Å². The number of anilines is 1. The van der Waals surface area contributed by atoms with Crippen molar-refractivity contribution in [2.75, 3.05) is 38.2 Å². The Morgan fingerprint density at radius 2 is 1.95 bits per heavy atom. The third-order valence-electron chi connectivity index (χ3n) is 6.83. The number of benzene rings is 1. The normalized spacial score (nSPS) is 15.8. The Balaban J connectivity index is 1.63. The van der Waals surface area contributed by atoms with E-state index in [1.165, 1.54) is 0 Å². The highest BCUT2D eigenvalue weighted by Crippen LogP contribution is 2.40. The molecular weight excluding hydrogens is 509 g/mol. The second-order valence-electron chi connectivity index (χ2n) is 9.32. The number of nitrogens with one attached hydrogen (secondary N) is 2. The minimum absolute atomic E-state index is 0.00510. The van der Waals surface area contributed by atoms with E-state index in [1.807, 2.05) is 63.5 Å². The van der Waals surface area contributed by atoms with Gasteiger partial charge in [-0.3, -0.25) is 9.78 Å². The number of carbonyl (C=O) groups is 1. The molecule has 9 heteroatoms. The summed E-state index contributed by atoms with van der Waals surface area (Å²) >= 11 is 12.6. The summed E-state index contributed by atoms with van der Waals surface area (Å²) in [6.07, 6.45) is 4.78. The topological polar surface area (TPSA) is 79.4 Å². The van der Waals surface area contributed by atoms with Gasteiger partial charge in [-0.2, -0.15) is 0 Å². The van der Waals surface area contributed by atoms with Crippen LogP contribution in [-0.2, 0) is 10.2 Å². The van der Waals surface area contributed by atoms with E-state index in [9.17, 15) is 4.79 Å². The van der Waals surface area contributed by atoms with E-state index in [4.69, 9.17) is 32.9 Å². The number of nitrogens with zero attached hydrogens (tertiary/aromatic N) is 3. The second-order valence-corrected chi connectivity index (χ2v) is 10.2. The van der Waals surface area contributed by atoms with Gasteiger partial charge in [0, 0.05) is 43.1 Å². The zero-order valence-corrected chi connectivity index (χ0v) is 22.9. The fraction of sp³-hybridized carbons (Fsp3) is 0.393. The Labute approximate surface area is 228 Å². The van der Waals surface area contributed by atoms with Gasteiger partial charge >= 0.3 is 0 Å². The minimum Gasteiger partial charge on any atom is -0.477 e. The molecule has 1 fully saturated rings. The Morgan fingerprint density at radius 3 is 2.59 bits per heavy atom. The van der Waals surface area contributed by atoms with Gasteiger partial charge in [-0.15, -0.1) is 0 Å².